The van der Waals surface area contributed by atoms with Crippen LogP contribution in [0.5, 0.6) is 0 Å². The summed E-state index contributed by atoms with van der Waals surface area (Å²) in [5.41, 5.74) is 7.08. The van der Waals surface area contributed by atoms with E-state index in [1.54, 1.807) is 5.57 Å². The van der Waals surface area contributed by atoms with Crippen LogP contribution in [0.25, 0.3) is 0 Å². The molecule has 0 aromatic heterocycles. The van der Waals surface area contributed by atoms with E-state index in [-0.39, 0.29) is 0 Å². The maximum atomic E-state index is 5.48. The molecule has 2 N–H and O–H groups in total. The molecule has 1 rings (SSSR count). The predicted octanol–water partition coefficient (Wildman–Crippen LogP) is 2.86. The molecule has 1 aliphatic rings. The summed E-state index contributed by atoms with van der Waals surface area (Å²) >= 11 is 0. The summed E-state index contributed by atoms with van der Waals surface area (Å²) in [7, 11) is 0. The Balaban J connectivity index is 2.24. The first kappa shape index (κ1) is 9.79. The number of rotatable bonds is 3. The maximum absolute atomic E-state index is 5.48. The summed E-state index contributed by atoms with van der Waals surface area (Å²) in [5, 5.41) is 0. The molecule has 0 amide bonds. The highest BCUT2D eigenvalue weighted by Gasteiger charge is 2.14. The maximum Gasteiger partial charge on any atom is 0.0109 e. The van der Waals surface area contributed by atoms with E-state index in [2.05, 4.69) is 13.0 Å². The van der Waals surface area contributed by atoms with Crippen LogP contribution in [0.1, 0.15) is 45.4 Å². The zero-order valence-corrected chi connectivity index (χ0v) is 8.18. The van der Waals surface area contributed by atoms with Crippen LogP contribution in [0.4, 0.5) is 0 Å². The summed E-state index contributed by atoms with van der Waals surface area (Å²) in [6.45, 7) is 3.01. The largest absolute Gasteiger partial charge is 0.327 e. The molecular formula is C11H21N. The van der Waals surface area contributed by atoms with E-state index < -0.39 is 0 Å². The smallest absolute Gasteiger partial charge is 0.0109 e. The van der Waals surface area contributed by atoms with Gasteiger partial charge in [-0.3, -0.25) is 0 Å². The van der Waals surface area contributed by atoms with Crippen LogP contribution < -0.4 is 5.73 Å². The van der Waals surface area contributed by atoms with Crippen LogP contribution in [0.3, 0.4) is 0 Å². The average molecular weight is 167 g/mol. The molecule has 1 nitrogen and oxygen atoms in total. The monoisotopic (exact) mass is 167 g/mol. The molecule has 0 aromatic carbocycles. The minimum atomic E-state index is 0.730. The third-order valence-electron chi connectivity index (χ3n) is 2.85. The quantitative estimate of drug-likeness (QED) is 0.643. The number of hydrogen-bond acceptors (Lipinski definition) is 1. The van der Waals surface area contributed by atoms with Crippen molar-refractivity contribution in [3.63, 3.8) is 0 Å². The van der Waals surface area contributed by atoms with E-state index in [1.165, 1.54) is 38.5 Å². The second kappa shape index (κ2) is 5.36. The van der Waals surface area contributed by atoms with Gasteiger partial charge in [0.05, 0.1) is 0 Å². The molecule has 70 valence electrons. The van der Waals surface area contributed by atoms with Crippen molar-refractivity contribution in [1.29, 1.82) is 0 Å². The highest BCUT2D eigenvalue weighted by atomic mass is 14.5. The lowest BCUT2D eigenvalue weighted by Gasteiger charge is -2.23. The van der Waals surface area contributed by atoms with Gasteiger partial charge in [0.1, 0.15) is 0 Å². The van der Waals surface area contributed by atoms with E-state index >= 15 is 0 Å². The summed E-state index contributed by atoms with van der Waals surface area (Å²) in [4.78, 5) is 0. The lowest BCUT2D eigenvalue weighted by molar-refractivity contribution is 0.380. The summed E-state index contributed by atoms with van der Waals surface area (Å²) in [6.07, 6.45) is 10.4. The molecule has 0 aromatic rings. The van der Waals surface area contributed by atoms with E-state index in [0.717, 1.165) is 12.5 Å². The van der Waals surface area contributed by atoms with E-state index in [0.29, 0.717) is 0 Å². The van der Waals surface area contributed by atoms with Gasteiger partial charge in [-0.2, -0.15) is 0 Å². The Bertz CT molecular complexity index is 139. The lowest BCUT2D eigenvalue weighted by Crippen LogP contribution is -2.08. The molecule has 12 heavy (non-hydrogen) atoms. The van der Waals surface area contributed by atoms with Crippen molar-refractivity contribution in [2.75, 3.05) is 6.54 Å². The van der Waals surface area contributed by atoms with E-state index in [9.17, 15) is 0 Å². The second-order valence-corrected chi connectivity index (χ2v) is 3.83. The topological polar surface area (TPSA) is 26.0 Å². The fourth-order valence-corrected chi connectivity index (χ4v) is 2.12. The minimum Gasteiger partial charge on any atom is -0.327 e. The van der Waals surface area contributed by atoms with Crippen molar-refractivity contribution >= 4 is 0 Å². The third-order valence-corrected chi connectivity index (χ3v) is 2.85. The fraction of sp³-hybridized carbons (Fsp3) is 0.818. The molecule has 1 heteroatoms. The average Bonchev–Trinajstić information content (AvgIpc) is 2.09. The van der Waals surface area contributed by atoms with E-state index in [4.69, 9.17) is 5.73 Å². The molecule has 0 radical (unpaired) electrons. The van der Waals surface area contributed by atoms with Gasteiger partial charge in [0.25, 0.3) is 0 Å². The van der Waals surface area contributed by atoms with Gasteiger partial charge in [-0.05, 0) is 31.6 Å². The van der Waals surface area contributed by atoms with Crippen LogP contribution in [0.15, 0.2) is 11.6 Å². The zero-order valence-electron chi connectivity index (χ0n) is 8.18. The number of nitrogens with two attached hydrogens (primary N) is 1. The van der Waals surface area contributed by atoms with Crippen molar-refractivity contribution in [3.05, 3.63) is 11.6 Å². The van der Waals surface area contributed by atoms with Gasteiger partial charge in [-0.25, -0.2) is 0 Å². The van der Waals surface area contributed by atoms with Crippen LogP contribution in [-0.4, -0.2) is 6.54 Å². The van der Waals surface area contributed by atoms with Crippen molar-refractivity contribution in [1.82, 2.24) is 0 Å². The van der Waals surface area contributed by atoms with Crippen LogP contribution in [0, 0.1) is 5.92 Å². The molecule has 1 fully saturated rings. The Labute approximate surface area is 76.0 Å². The van der Waals surface area contributed by atoms with Crippen molar-refractivity contribution in [2.24, 2.45) is 11.7 Å². The summed E-state index contributed by atoms with van der Waals surface area (Å²) in [5.74, 6) is 1.00. The Hall–Kier alpha value is -0.300. The second-order valence-electron chi connectivity index (χ2n) is 3.83. The Kier molecular flexibility index (Phi) is 4.37. The van der Waals surface area contributed by atoms with Crippen LogP contribution in [0.2, 0.25) is 0 Å². The first-order valence-electron chi connectivity index (χ1n) is 5.24. The number of allylic oxidation sites excluding steroid dienone is 1. The summed E-state index contributed by atoms with van der Waals surface area (Å²) < 4.78 is 0. The first-order chi connectivity index (χ1) is 5.86. The zero-order chi connectivity index (χ0) is 8.81. The highest BCUT2D eigenvalue weighted by molar-refractivity contribution is 5.05. The highest BCUT2D eigenvalue weighted by Crippen LogP contribution is 2.30. The molecule has 1 saturated carbocycles. The molecule has 0 heterocycles. The molecule has 0 spiro atoms. The molecule has 1 aliphatic carbocycles. The van der Waals surface area contributed by atoms with Crippen molar-refractivity contribution in [3.8, 4) is 0 Å². The van der Waals surface area contributed by atoms with Crippen molar-refractivity contribution in [2.45, 2.75) is 45.4 Å². The Morgan fingerprint density at radius 2 is 2.08 bits per heavy atom. The first-order valence-corrected chi connectivity index (χ1v) is 5.24. The Morgan fingerprint density at radius 3 is 2.58 bits per heavy atom. The molecular weight excluding hydrogens is 146 g/mol. The fourth-order valence-electron chi connectivity index (χ4n) is 2.12. The SMILES string of the molecule is CCCC1CCC(=CCN)CC1. The lowest BCUT2D eigenvalue weighted by atomic mass is 9.83. The normalized spacial score (nSPS) is 24.2. The minimum absolute atomic E-state index is 0.730. The van der Waals surface area contributed by atoms with Crippen molar-refractivity contribution < 1.29 is 0 Å². The standard InChI is InChI=1S/C11H21N/c1-2-3-10-4-6-11(7-5-10)8-9-12/h8,10H,2-7,9,12H2,1H3. The predicted molar refractivity (Wildman–Crippen MR) is 54.0 cm³/mol. The Morgan fingerprint density at radius 1 is 1.42 bits per heavy atom. The number of hydrogen-bond donors (Lipinski definition) is 1. The molecule has 0 bridgehead atoms. The van der Waals surface area contributed by atoms with Crippen LogP contribution in [-0.2, 0) is 0 Å². The van der Waals surface area contributed by atoms with E-state index in [1.807, 2.05) is 0 Å². The summed E-state index contributed by atoms with van der Waals surface area (Å²) in [6, 6.07) is 0. The van der Waals surface area contributed by atoms with Gasteiger partial charge < -0.3 is 5.73 Å². The molecule has 0 aliphatic heterocycles. The molecule has 0 atom stereocenters. The van der Waals surface area contributed by atoms with Gasteiger partial charge >= 0.3 is 0 Å². The van der Waals surface area contributed by atoms with Crippen LogP contribution >= 0.6 is 0 Å². The van der Waals surface area contributed by atoms with Gasteiger partial charge in [0, 0.05) is 6.54 Å². The van der Waals surface area contributed by atoms with Gasteiger partial charge in [0.15, 0.2) is 0 Å². The van der Waals surface area contributed by atoms with Gasteiger partial charge in [-0.1, -0.05) is 31.4 Å². The molecule has 0 saturated heterocycles. The van der Waals surface area contributed by atoms with Gasteiger partial charge in [-0.15, -0.1) is 0 Å². The third kappa shape index (κ3) is 2.98. The molecule has 0 unspecified atom stereocenters. The van der Waals surface area contributed by atoms with Gasteiger partial charge in [0.2, 0.25) is 0 Å².